The minimum atomic E-state index is -0.594. The Hall–Kier alpha value is -2.31. The number of β-amino-alcohol motifs (C(OH)–C–C–N with tert-alkyl or cyclic N) is 1. The van der Waals surface area contributed by atoms with Gasteiger partial charge in [-0.1, -0.05) is 18.2 Å². The molecule has 2 heterocycles. The molecule has 5 nitrogen and oxygen atoms in total. The van der Waals surface area contributed by atoms with Crippen molar-refractivity contribution in [3.05, 3.63) is 65.7 Å². The van der Waals surface area contributed by atoms with Gasteiger partial charge in [-0.05, 0) is 36.4 Å². The number of likely N-dealkylation sites (N-methyl/N-ethyl adjacent to an activating group) is 1. The molecule has 0 aliphatic carbocycles. The largest absolute Gasteiger partial charge is 0.390 e. The van der Waals surface area contributed by atoms with Crippen LogP contribution in [0.3, 0.4) is 0 Å². The standard InChI is InChI=1S/C19H22FN3O2/c1-22(11-14-4-6-16(20)7-5-14)17-12-23(13-18(17)24)19(25)9-15-3-2-8-21-10-15/h2-8,10,17-18,24H,9,11-13H2,1H3/t17-,18-/m1/s1. The summed E-state index contributed by atoms with van der Waals surface area (Å²) in [4.78, 5) is 20.2. The number of aliphatic hydroxyl groups excluding tert-OH is 1. The third kappa shape index (κ3) is 4.41. The van der Waals surface area contributed by atoms with E-state index in [1.54, 1.807) is 35.5 Å². The molecule has 1 saturated heterocycles. The van der Waals surface area contributed by atoms with E-state index in [1.807, 2.05) is 18.0 Å². The Morgan fingerprint density at radius 2 is 2.04 bits per heavy atom. The van der Waals surface area contributed by atoms with Gasteiger partial charge in [0.15, 0.2) is 0 Å². The molecular formula is C19H22FN3O2. The maximum absolute atomic E-state index is 13.0. The first-order valence-corrected chi connectivity index (χ1v) is 8.32. The number of benzene rings is 1. The number of nitrogens with zero attached hydrogens (tertiary/aromatic N) is 3. The predicted molar refractivity (Wildman–Crippen MR) is 92.2 cm³/mol. The SMILES string of the molecule is CN(Cc1ccc(F)cc1)[C@@H]1CN(C(=O)Cc2cccnc2)C[C@H]1O. The van der Waals surface area contributed by atoms with E-state index in [4.69, 9.17) is 0 Å². The first-order chi connectivity index (χ1) is 12.0. The Bertz CT molecular complexity index is 708. The molecule has 1 aromatic heterocycles. The van der Waals surface area contributed by atoms with E-state index in [0.717, 1.165) is 11.1 Å². The molecule has 1 aliphatic rings. The van der Waals surface area contributed by atoms with Gasteiger partial charge < -0.3 is 10.0 Å². The molecule has 1 fully saturated rings. The van der Waals surface area contributed by atoms with Crippen molar-refractivity contribution in [2.24, 2.45) is 0 Å². The van der Waals surface area contributed by atoms with E-state index in [9.17, 15) is 14.3 Å². The van der Waals surface area contributed by atoms with Gasteiger partial charge in [0.05, 0.1) is 18.6 Å². The van der Waals surface area contributed by atoms with Crippen LogP contribution in [0.15, 0.2) is 48.8 Å². The third-order valence-electron chi connectivity index (χ3n) is 4.60. The van der Waals surface area contributed by atoms with Crippen LogP contribution in [0.1, 0.15) is 11.1 Å². The van der Waals surface area contributed by atoms with Crippen LogP contribution in [0.5, 0.6) is 0 Å². The number of likely N-dealkylation sites (tertiary alicyclic amines) is 1. The van der Waals surface area contributed by atoms with Crippen molar-refractivity contribution in [2.45, 2.75) is 25.1 Å². The zero-order chi connectivity index (χ0) is 17.8. The summed E-state index contributed by atoms with van der Waals surface area (Å²) in [6.45, 7) is 1.40. The predicted octanol–water partition coefficient (Wildman–Crippen LogP) is 1.47. The number of rotatable bonds is 5. The van der Waals surface area contributed by atoms with Gasteiger partial charge >= 0.3 is 0 Å². The Balaban J connectivity index is 1.58. The minimum Gasteiger partial charge on any atom is -0.390 e. The second-order valence-corrected chi connectivity index (χ2v) is 6.51. The maximum atomic E-state index is 13.0. The number of hydrogen-bond donors (Lipinski definition) is 1. The number of halogens is 1. The van der Waals surface area contributed by atoms with Crippen molar-refractivity contribution in [1.29, 1.82) is 0 Å². The summed E-state index contributed by atoms with van der Waals surface area (Å²) in [5, 5.41) is 10.4. The fourth-order valence-electron chi connectivity index (χ4n) is 3.19. The second-order valence-electron chi connectivity index (χ2n) is 6.51. The number of aromatic nitrogens is 1. The van der Waals surface area contributed by atoms with E-state index in [2.05, 4.69) is 4.98 Å². The molecule has 132 valence electrons. The first kappa shape index (κ1) is 17.5. The molecule has 0 saturated carbocycles. The smallest absolute Gasteiger partial charge is 0.227 e. The van der Waals surface area contributed by atoms with Gasteiger partial charge in [-0.15, -0.1) is 0 Å². The summed E-state index contributed by atoms with van der Waals surface area (Å²) in [5.41, 5.74) is 1.83. The van der Waals surface area contributed by atoms with Gasteiger partial charge in [0.2, 0.25) is 5.91 Å². The van der Waals surface area contributed by atoms with Crippen molar-refractivity contribution in [1.82, 2.24) is 14.8 Å². The molecule has 0 spiro atoms. The average molecular weight is 343 g/mol. The van der Waals surface area contributed by atoms with Crippen LogP contribution >= 0.6 is 0 Å². The Morgan fingerprint density at radius 3 is 2.72 bits per heavy atom. The van der Waals surface area contributed by atoms with E-state index >= 15 is 0 Å². The minimum absolute atomic E-state index is 0.00951. The van der Waals surface area contributed by atoms with E-state index < -0.39 is 6.10 Å². The quantitative estimate of drug-likeness (QED) is 0.893. The highest BCUT2D eigenvalue weighted by Gasteiger charge is 2.36. The van der Waals surface area contributed by atoms with Gasteiger partial charge in [0, 0.05) is 32.0 Å². The number of pyridine rings is 1. The van der Waals surface area contributed by atoms with Crippen LogP contribution in [0, 0.1) is 5.82 Å². The molecule has 0 bridgehead atoms. The van der Waals surface area contributed by atoms with Gasteiger partial charge in [-0.2, -0.15) is 0 Å². The fraction of sp³-hybridized carbons (Fsp3) is 0.368. The number of carbonyl (C=O) groups excluding carboxylic acids is 1. The summed E-state index contributed by atoms with van der Waals surface area (Å²) in [6, 6.07) is 9.87. The first-order valence-electron chi connectivity index (χ1n) is 8.32. The molecule has 1 aliphatic heterocycles. The molecule has 0 unspecified atom stereocenters. The van der Waals surface area contributed by atoms with Crippen LogP contribution < -0.4 is 0 Å². The Labute approximate surface area is 146 Å². The molecule has 1 aromatic carbocycles. The van der Waals surface area contributed by atoms with Crippen molar-refractivity contribution >= 4 is 5.91 Å². The highest BCUT2D eigenvalue weighted by molar-refractivity contribution is 5.79. The van der Waals surface area contributed by atoms with Crippen molar-refractivity contribution in [3.63, 3.8) is 0 Å². The number of hydrogen-bond acceptors (Lipinski definition) is 4. The molecule has 2 atom stereocenters. The van der Waals surface area contributed by atoms with Crippen molar-refractivity contribution < 1.29 is 14.3 Å². The Kier molecular flexibility index (Phi) is 5.40. The molecule has 3 rings (SSSR count). The van der Waals surface area contributed by atoms with E-state index in [-0.39, 0.29) is 24.2 Å². The van der Waals surface area contributed by atoms with Crippen molar-refractivity contribution in [2.75, 3.05) is 20.1 Å². The van der Waals surface area contributed by atoms with Gasteiger partial charge in [-0.3, -0.25) is 14.7 Å². The van der Waals surface area contributed by atoms with Crippen molar-refractivity contribution in [3.8, 4) is 0 Å². The summed E-state index contributed by atoms with van der Waals surface area (Å²) in [7, 11) is 1.91. The number of aliphatic hydroxyl groups is 1. The summed E-state index contributed by atoms with van der Waals surface area (Å²) >= 11 is 0. The zero-order valence-electron chi connectivity index (χ0n) is 14.2. The van der Waals surface area contributed by atoms with E-state index in [0.29, 0.717) is 19.6 Å². The van der Waals surface area contributed by atoms with Gasteiger partial charge in [0.1, 0.15) is 5.82 Å². The number of carbonyl (C=O) groups is 1. The lowest BCUT2D eigenvalue weighted by atomic mass is 10.1. The highest BCUT2D eigenvalue weighted by Crippen LogP contribution is 2.19. The van der Waals surface area contributed by atoms with Crippen LogP contribution in [0.25, 0.3) is 0 Å². The highest BCUT2D eigenvalue weighted by atomic mass is 19.1. The van der Waals surface area contributed by atoms with Crippen LogP contribution in [0.2, 0.25) is 0 Å². The lowest BCUT2D eigenvalue weighted by molar-refractivity contribution is -0.129. The summed E-state index contributed by atoms with van der Waals surface area (Å²) < 4.78 is 13.0. The average Bonchev–Trinajstić information content (AvgIpc) is 3.00. The molecule has 1 amide bonds. The fourth-order valence-corrected chi connectivity index (χ4v) is 3.19. The molecular weight excluding hydrogens is 321 g/mol. The van der Waals surface area contributed by atoms with Gasteiger partial charge in [0.25, 0.3) is 0 Å². The van der Waals surface area contributed by atoms with E-state index in [1.165, 1.54) is 12.1 Å². The third-order valence-corrected chi connectivity index (χ3v) is 4.60. The van der Waals surface area contributed by atoms with Crippen LogP contribution in [-0.4, -0.2) is 58.1 Å². The van der Waals surface area contributed by atoms with Gasteiger partial charge in [-0.25, -0.2) is 4.39 Å². The maximum Gasteiger partial charge on any atom is 0.227 e. The molecule has 1 N–H and O–H groups in total. The lowest BCUT2D eigenvalue weighted by Crippen LogP contribution is -2.40. The number of amides is 1. The zero-order valence-corrected chi connectivity index (χ0v) is 14.2. The monoisotopic (exact) mass is 343 g/mol. The van der Waals surface area contributed by atoms with Crippen LogP contribution in [-0.2, 0) is 17.8 Å². The molecule has 25 heavy (non-hydrogen) atoms. The lowest BCUT2D eigenvalue weighted by Gasteiger charge is -2.26. The topological polar surface area (TPSA) is 56.7 Å². The second kappa shape index (κ2) is 7.72. The summed E-state index contributed by atoms with van der Waals surface area (Å²) in [5.74, 6) is -0.274. The normalized spacial score (nSPS) is 20.2. The molecule has 2 aromatic rings. The molecule has 6 heteroatoms. The summed E-state index contributed by atoms with van der Waals surface area (Å²) in [6.07, 6.45) is 3.05. The molecule has 0 radical (unpaired) electrons. The van der Waals surface area contributed by atoms with Crippen LogP contribution in [0.4, 0.5) is 4.39 Å². The Morgan fingerprint density at radius 1 is 1.28 bits per heavy atom.